The Labute approximate surface area is 276 Å². The predicted octanol–water partition coefficient (Wildman–Crippen LogP) is 3.10. The van der Waals surface area contributed by atoms with Gasteiger partial charge < -0.3 is 30.2 Å². The van der Waals surface area contributed by atoms with Crippen molar-refractivity contribution in [2.24, 2.45) is 0 Å². The van der Waals surface area contributed by atoms with Crippen LogP contribution in [0.25, 0.3) is 0 Å². The van der Waals surface area contributed by atoms with Crippen LogP contribution in [0.5, 0.6) is 5.75 Å². The maximum Gasteiger partial charge on any atom is 0.410 e. The summed E-state index contributed by atoms with van der Waals surface area (Å²) in [6, 6.07) is 14.8. The first-order valence-corrected chi connectivity index (χ1v) is 15.8. The molecule has 12 heteroatoms. The third kappa shape index (κ3) is 11.7. The number of amides is 4. The SMILES string of the molecule is CC(NC(=O)C1CCCN1C(=O)OC(C)(C)C)C(=O)NCC(=O)NC(Cc1ccccc1)C(=O)[C@@]1(C)CO1.COc1ccc(C)cc1. The molecule has 3 N–H and O–H groups in total. The fraction of sp³-hybridized carbons (Fsp3) is 0.514. The van der Waals surface area contributed by atoms with Crippen molar-refractivity contribution in [2.75, 3.05) is 26.8 Å². The van der Waals surface area contributed by atoms with Crippen molar-refractivity contribution in [2.45, 2.75) is 90.1 Å². The fourth-order valence-corrected chi connectivity index (χ4v) is 4.87. The average Bonchev–Trinajstić information content (AvgIpc) is 3.57. The molecule has 2 saturated heterocycles. The molecule has 4 atom stereocenters. The van der Waals surface area contributed by atoms with Crippen LogP contribution in [-0.2, 0) is 35.1 Å². The molecule has 4 amide bonds. The Kier molecular flexibility index (Phi) is 12.9. The highest BCUT2D eigenvalue weighted by Gasteiger charge is 2.50. The smallest absolute Gasteiger partial charge is 0.410 e. The molecule has 0 spiro atoms. The number of epoxide rings is 1. The second-order valence-corrected chi connectivity index (χ2v) is 13.0. The molecular formula is C35H48N4O8. The van der Waals surface area contributed by atoms with Gasteiger partial charge in [-0.05, 0) is 78.5 Å². The topological polar surface area (TPSA) is 156 Å². The minimum atomic E-state index is -0.947. The van der Waals surface area contributed by atoms with Crippen LogP contribution >= 0.6 is 0 Å². The van der Waals surface area contributed by atoms with Crippen LogP contribution < -0.4 is 20.7 Å². The normalized spacial score (nSPS) is 19.6. The summed E-state index contributed by atoms with van der Waals surface area (Å²) in [5.74, 6) is -0.888. The van der Waals surface area contributed by atoms with E-state index in [-0.39, 0.29) is 12.3 Å². The molecule has 0 radical (unpaired) electrons. The third-order valence-electron chi connectivity index (χ3n) is 7.65. The van der Waals surface area contributed by atoms with Crippen molar-refractivity contribution in [3.05, 3.63) is 65.7 Å². The molecule has 0 bridgehead atoms. The Hall–Kier alpha value is -4.45. The molecule has 0 aliphatic carbocycles. The van der Waals surface area contributed by atoms with Gasteiger partial charge in [0.1, 0.15) is 29.0 Å². The van der Waals surface area contributed by atoms with Crippen LogP contribution in [0.3, 0.4) is 0 Å². The summed E-state index contributed by atoms with van der Waals surface area (Å²) >= 11 is 0. The number of ether oxygens (including phenoxy) is 3. The summed E-state index contributed by atoms with van der Waals surface area (Å²) < 4.78 is 15.6. The van der Waals surface area contributed by atoms with Gasteiger partial charge in [0.05, 0.1) is 26.3 Å². The highest BCUT2D eigenvalue weighted by Crippen LogP contribution is 2.29. The number of ketones is 1. The van der Waals surface area contributed by atoms with Crippen LogP contribution in [0, 0.1) is 6.92 Å². The zero-order valence-corrected chi connectivity index (χ0v) is 28.4. The number of hydrogen-bond donors (Lipinski definition) is 3. The number of carbonyl (C=O) groups is 5. The molecule has 2 aliphatic heterocycles. The van der Waals surface area contributed by atoms with E-state index in [9.17, 15) is 24.0 Å². The van der Waals surface area contributed by atoms with Crippen molar-refractivity contribution < 1.29 is 38.2 Å². The van der Waals surface area contributed by atoms with E-state index in [0.29, 0.717) is 32.4 Å². The number of methoxy groups -OCH3 is 1. The zero-order chi connectivity index (χ0) is 34.8. The van der Waals surface area contributed by atoms with Crippen molar-refractivity contribution in [3.63, 3.8) is 0 Å². The minimum absolute atomic E-state index is 0.229. The molecular weight excluding hydrogens is 604 g/mol. The highest BCUT2D eigenvalue weighted by molar-refractivity contribution is 5.98. The molecule has 2 aromatic carbocycles. The van der Waals surface area contributed by atoms with E-state index >= 15 is 0 Å². The van der Waals surface area contributed by atoms with Crippen molar-refractivity contribution in [1.29, 1.82) is 0 Å². The molecule has 4 rings (SSSR count). The Morgan fingerprint density at radius 2 is 1.66 bits per heavy atom. The van der Waals surface area contributed by atoms with Gasteiger partial charge in [-0.15, -0.1) is 0 Å². The Balaban J connectivity index is 0.000000573. The van der Waals surface area contributed by atoms with E-state index in [4.69, 9.17) is 14.2 Å². The second-order valence-electron chi connectivity index (χ2n) is 13.0. The Morgan fingerprint density at radius 3 is 2.23 bits per heavy atom. The van der Waals surface area contributed by atoms with E-state index < -0.39 is 53.1 Å². The van der Waals surface area contributed by atoms with E-state index in [0.717, 1.165) is 11.3 Å². The first-order chi connectivity index (χ1) is 22.1. The van der Waals surface area contributed by atoms with Gasteiger partial charge >= 0.3 is 6.09 Å². The number of hydrogen-bond acceptors (Lipinski definition) is 8. The molecule has 2 fully saturated rings. The molecule has 3 unspecified atom stereocenters. The molecule has 47 heavy (non-hydrogen) atoms. The number of likely N-dealkylation sites (tertiary alicyclic amines) is 1. The van der Waals surface area contributed by atoms with Crippen LogP contribution in [0.1, 0.15) is 58.6 Å². The lowest BCUT2D eigenvalue weighted by Gasteiger charge is -2.28. The molecule has 0 aromatic heterocycles. The quantitative estimate of drug-likeness (QED) is 0.313. The second kappa shape index (κ2) is 16.4. The predicted molar refractivity (Wildman–Crippen MR) is 176 cm³/mol. The number of nitrogens with zero attached hydrogens (tertiary/aromatic N) is 1. The van der Waals surface area contributed by atoms with Gasteiger partial charge in [0.15, 0.2) is 5.78 Å². The number of nitrogens with one attached hydrogen (secondary N) is 3. The highest BCUT2D eigenvalue weighted by atomic mass is 16.6. The standard InChI is InChI=1S/C27H38N4O7.C8H10O/c1-17(29-24(35)20-12-9-13-31(20)25(36)38-26(2,3)4)23(34)28-15-21(32)30-19(22(33)27(5)16-37-27)14-18-10-7-6-8-11-18;1-7-3-5-8(9-2)6-4-7/h6-8,10-11,17,19-20H,9,12-16H2,1-5H3,(H,28,34)(H,29,35)(H,30,32);3-6H,1-2H3/t17?,19?,20?,27-;/m1./s1. The van der Waals surface area contributed by atoms with Crippen molar-refractivity contribution >= 4 is 29.6 Å². The Morgan fingerprint density at radius 1 is 1.02 bits per heavy atom. The lowest BCUT2D eigenvalue weighted by Crippen LogP contribution is -2.54. The van der Waals surface area contributed by atoms with Crippen LogP contribution in [0.15, 0.2) is 54.6 Å². The van der Waals surface area contributed by atoms with Gasteiger partial charge in [0.25, 0.3) is 0 Å². The van der Waals surface area contributed by atoms with Gasteiger partial charge in [-0.1, -0.05) is 48.0 Å². The molecule has 256 valence electrons. The van der Waals surface area contributed by atoms with E-state index in [2.05, 4.69) is 22.9 Å². The van der Waals surface area contributed by atoms with Crippen LogP contribution in [0.4, 0.5) is 4.79 Å². The molecule has 2 aliphatic rings. The summed E-state index contributed by atoms with van der Waals surface area (Å²) in [5.41, 5.74) is 0.531. The van der Waals surface area contributed by atoms with Gasteiger partial charge in [0, 0.05) is 6.54 Å². The molecule has 2 aromatic rings. The number of aryl methyl sites for hydroxylation is 1. The zero-order valence-electron chi connectivity index (χ0n) is 28.4. The van der Waals surface area contributed by atoms with Gasteiger partial charge in [-0.2, -0.15) is 0 Å². The molecule has 2 heterocycles. The monoisotopic (exact) mass is 652 g/mol. The summed E-state index contributed by atoms with van der Waals surface area (Å²) in [5, 5.41) is 7.80. The Bertz CT molecular complexity index is 1390. The van der Waals surface area contributed by atoms with Gasteiger partial charge in [-0.3, -0.25) is 24.1 Å². The van der Waals surface area contributed by atoms with Gasteiger partial charge in [-0.25, -0.2) is 4.79 Å². The van der Waals surface area contributed by atoms with Crippen molar-refractivity contribution in [3.8, 4) is 5.75 Å². The number of benzene rings is 2. The summed E-state index contributed by atoms with van der Waals surface area (Å²) in [6.07, 6.45) is 0.820. The molecule has 12 nitrogen and oxygen atoms in total. The lowest BCUT2D eigenvalue weighted by atomic mass is 9.95. The summed E-state index contributed by atoms with van der Waals surface area (Å²) in [7, 11) is 1.67. The van der Waals surface area contributed by atoms with Crippen LogP contribution in [-0.4, -0.2) is 90.6 Å². The van der Waals surface area contributed by atoms with E-state index in [1.807, 2.05) is 54.6 Å². The van der Waals surface area contributed by atoms with E-state index in [1.54, 1.807) is 34.8 Å². The average molecular weight is 653 g/mol. The fourth-order valence-electron chi connectivity index (χ4n) is 4.87. The minimum Gasteiger partial charge on any atom is -0.497 e. The number of Topliss-reactive ketones (excluding diaryl/α,β-unsaturated/α-hetero) is 1. The maximum atomic E-state index is 12.9. The number of carbonyl (C=O) groups excluding carboxylic acids is 5. The van der Waals surface area contributed by atoms with Crippen molar-refractivity contribution in [1.82, 2.24) is 20.9 Å². The maximum absolute atomic E-state index is 12.9. The molecule has 0 saturated carbocycles. The third-order valence-corrected chi connectivity index (χ3v) is 7.65. The van der Waals surface area contributed by atoms with E-state index in [1.165, 1.54) is 17.4 Å². The lowest BCUT2D eigenvalue weighted by molar-refractivity contribution is -0.132. The summed E-state index contributed by atoms with van der Waals surface area (Å²) in [6.45, 7) is 10.8. The summed E-state index contributed by atoms with van der Waals surface area (Å²) in [4.78, 5) is 64.7. The van der Waals surface area contributed by atoms with Gasteiger partial charge in [0.2, 0.25) is 17.7 Å². The first kappa shape index (κ1) is 37.0. The largest absolute Gasteiger partial charge is 0.497 e. The number of rotatable bonds is 11. The first-order valence-electron chi connectivity index (χ1n) is 15.8. The van der Waals surface area contributed by atoms with Crippen LogP contribution in [0.2, 0.25) is 0 Å².